The van der Waals surface area contributed by atoms with Crippen LogP contribution in [0.1, 0.15) is 59.8 Å². The summed E-state index contributed by atoms with van der Waals surface area (Å²) in [6.45, 7) is 8.46. The molecule has 0 amide bonds. The molecule has 18 heavy (non-hydrogen) atoms. The summed E-state index contributed by atoms with van der Waals surface area (Å²) in [7, 11) is 0. The Bertz CT molecular complexity index is 245. The Morgan fingerprint density at radius 2 is 1.72 bits per heavy atom. The van der Waals surface area contributed by atoms with Crippen LogP contribution in [0.2, 0.25) is 0 Å². The Labute approximate surface area is 110 Å². The van der Waals surface area contributed by atoms with E-state index in [0.717, 1.165) is 12.8 Å². The number of hydrogen-bond donors (Lipinski definition) is 0. The predicted octanol–water partition coefficient (Wildman–Crippen LogP) is 4.90. The first-order chi connectivity index (χ1) is 8.32. The summed E-state index contributed by atoms with van der Waals surface area (Å²) in [6, 6.07) is 0. The molecular weight excluding hydrogens is 234 g/mol. The second kappa shape index (κ2) is 6.31. The van der Waals surface area contributed by atoms with Crippen molar-refractivity contribution in [3.8, 4) is 0 Å². The maximum absolute atomic E-state index is 14.0. The van der Waals surface area contributed by atoms with Gasteiger partial charge in [-0.15, -0.1) is 0 Å². The zero-order valence-electron chi connectivity index (χ0n) is 12.3. The first-order valence-electron chi connectivity index (χ1n) is 7.27. The summed E-state index contributed by atoms with van der Waals surface area (Å²) < 4.78 is 33.5. The molecule has 1 saturated carbocycles. The monoisotopic (exact) mass is 262 g/mol. The smallest absolute Gasteiger partial charge is 0.258 e. The molecular formula is C15H28F2O. The lowest BCUT2D eigenvalue weighted by Gasteiger charge is -2.30. The van der Waals surface area contributed by atoms with E-state index in [1.54, 1.807) is 13.8 Å². The highest BCUT2D eigenvalue weighted by Crippen LogP contribution is 2.59. The van der Waals surface area contributed by atoms with Gasteiger partial charge in [0.15, 0.2) is 0 Å². The summed E-state index contributed by atoms with van der Waals surface area (Å²) in [6.07, 6.45) is 4.54. The van der Waals surface area contributed by atoms with Crippen molar-refractivity contribution in [2.75, 3.05) is 13.2 Å². The third-order valence-electron chi connectivity index (χ3n) is 3.98. The number of unbranched alkanes of at least 4 members (excludes halogenated alkanes) is 1. The highest BCUT2D eigenvalue weighted by Gasteiger charge is 2.63. The van der Waals surface area contributed by atoms with E-state index in [9.17, 15) is 8.78 Å². The van der Waals surface area contributed by atoms with Crippen LogP contribution < -0.4 is 0 Å². The van der Waals surface area contributed by atoms with Gasteiger partial charge in [0, 0.05) is 12.5 Å². The molecule has 1 rings (SSSR count). The molecule has 3 heteroatoms. The Kier molecular flexibility index (Phi) is 5.57. The summed E-state index contributed by atoms with van der Waals surface area (Å²) in [5, 5.41) is 0. The fourth-order valence-corrected chi connectivity index (χ4v) is 2.36. The topological polar surface area (TPSA) is 9.23 Å². The first-order valence-corrected chi connectivity index (χ1v) is 7.27. The van der Waals surface area contributed by atoms with Gasteiger partial charge in [0.2, 0.25) is 0 Å². The number of hydrogen-bond acceptors (Lipinski definition) is 1. The molecule has 108 valence electrons. The summed E-state index contributed by atoms with van der Waals surface area (Å²) >= 11 is 0. The molecule has 0 heterocycles. The summed E-state index contributed by atoms with van der Waals surface area (Å²) in [4.78, 5) is 0. The quantitative estimate of drug-likeness (QED) is 0.537. The number of ether oxygens (including phenoxy) is 1. The Morgan fingerprint density at radius 1 is 1.11 bits per heavy atom. The van der Waals surface area contributed by atoms with Crippen LogP contribution in [0.3, 0.4) is 0 Å². The number of alkyl halides is 2. The molecule has 0 unspecified atom stereocenters. The standard InChI is InChI=1S/C15H28F2O/c1-12(2)7-5-6-10-18-11-14(8-9-14)15(16,17)13(3)4/h12-13H,5-11H2,1-4H3. The maximum atomic E-state index is 14.0. The zero-order valence-corrected chi connectivity index (χ0v) is 12.3. The van der Waals surface area contributed by atoms with E-state index in [1.165, 1.54) is 6.42 Å². The zero-order chi connectivity index (χ0) is 13.8. The summed E-state index contributed by atoms with van der Waals surface area (Å²) in [5.74, 6) is -2.46. The lowest BCUT2D eigenvalue weighted by molar-refractivity contribution is -0.135. The number of halogens is 2. The van der Waals surface area contributed by atoms with E-state index in [0.29, 0.717) is 25.4 Å². The Hall–Kier alpha value is -0.180. The van der Waals surface area contributed by atoms with Crippen LogP contribution in [-0.2, 0) is 4.74 Å². The summed E-state index contributed by atoms with van der Waals surface area (Å²) in [5.41, 5.74) is -0.848. The lowest BCUT2D eigenvalue weighted by atomic mass is 9.90. The minimum absolute atomic E-state index is 0.236. The van der Waals surface area contributed by atoms with Crippen molar-refractivity contribution in [3.05, 3.63) is 0 Å². The molecule has 0 atom stereocenters. The van der Waals surface area contributed by atoms with Gasteiger partial charge in [-0.2, -0.15) is 0 Å². The molecule has 0 aromatic rings. The Balaban J connectivity index is 2.19. The van der Waals surface area contributed by atoms with Crippen LogP contribution in [0.25, 0.3) is 0 Å². The van der Waals surface area contributed by atoms with Gasteiger partial charge in [0.1, 0.15) is 0 Å². The highest BCUT2D eigenvalue weighted by molar-refractivity contribution is 5.04. The highest BCUT2D eigenvalue weighted by atomic mass is 19.3. The molecule has 0 saturated heterocycles. The third kappa shape index (κ3) is 3.91. The SMILES string of the molecule is CC(C)CCCCOCC1(C(F)(F)C(C)C)CC1. The Morgan fingerprint density at radius 3 is 2.17 bits per heavy atom. The molecule has 0 radical (unpaired) electrons. The fraction of sp³-hybridized carbons (Fsp3) is 1.00. The second-order valence-corrected chi connectivity index (χ2v) is 6.50. The van der Waals surface area contributed by atoms with E-state index < -0.39 is 17.3 Å². The molecule has 0 spiro atoms. The second-order valence-electron chi connectivity index (χ2n) is 6.50. The first kappa shape index (κ1) is 15.9. The van der Waals surface area contributed by atoms with Gasteiger partial charge in [-0.25, -0.2) is 8.78 Å². The molecule has 0 N–H and O–H groups in total. The van der Waals surface area contributed by atoms with Crippen molar-refractivity contribution >= 4 is 0 Å². The van der Waals surface area contributed by atoms with Gasteiger partial charge >= 0.3 is 0 Å². The average Bonchev–Trinajstić information content (AvgIpc) is 3.04. The van der Waals surface area contributed by atoms with E-state index in [2.05, 4.69) is 13.8 Å². The van der Waals surface area contributed by atoms with Crippen LogP contribution >= 0.6 is 0 Å². The van der Waals surface area contributed by atoms with Gasteiger partial charge in [0.25, 0.3) is 5.92 Å². The third-order valence-corrected chi connectivity index (χ3v) is 3.98. The molecule has 1 aliphatic carbocycles. The normalized spacial score (nSPS) is 18.7. The van der Waals surface area contributed by atoms with Crippen LogP contribution in [-0.4, -0.2) is 19.1 Å². The van der Waals surface area contributed by atoms with Crippen molar-refractivity contribution in [1.29, 1.82) is 0 Å². The maximum Gasteiger partial charge on any atom is 0.258 e. The molecule has 0 aromatic heterocycles. The molecule has 0 aromatic carbocycles. The minimum atomic E-state index is -2.58. The van der Waals surface area contributed by atoms with Gasteiger partial charge in [-0.05, 0) is 25.2 Å². The van der Waals surface area contributed by atoms with E-state index in [4.69, 9.17) is 4.74 Å². The van der Waals surface area contributed by atoms with Gasteiger partial charge < -0.3 is 4.74 Å². The number of rotatable bonds is 9. The molecule has 1 nitrogen and oxygen atoms in total. The predicted molar refractivity (Wildman–Crippen MR) is 71.0 cm³/mol. The van der Waals surface area contributed by atoms with Gasteiger partial charge in [-0.1, -0.05) is 40.5 Å². The largest absolute Gasteiger partial charge is 0.381 e. The van der Waals surface area contributed by atoms with Crippen molar-refractivity contribution in [1.82, 2.24) is 0 Å². The van der Waals surface area contributed by atoms with Crippen LogP contribution in [0.15, 0.2) is 0 Å². The van der Waals surface area contributed by atoms with Crippen LogP contribution in [0, 0.1) is 17.3 Å². The molecule has 1 fully saturated rings. The van der Waals surface area contributed by atoms with Crippen LogP contribution in [0.4, 0.5) is 8.78 Å². The average molecular weight is 262 g/mol. The van der Waals surface area contributed by atoms with Crippen molar-refractivity contribution in [2.24, 2.45) is 17.3 Å². The van der Waals surface area contributed by atoms with Crippen molar-refractivity contribution in [2.45, 2.75) is 65.7 Å². The van der Waals surface area contributed by atoms with Crippen molar-refractivity contribution in [3.63, 3.8) is 0 Å². The van der Waals surface area contributed by atoms with Gasteiger partial charge in [0.05, 0.1) is 12.0 Å². The molecule has 0 aliphatic heterocycles. The van der Waals surface area contributed by atoms with E-state index in [-0.39, 0.29) is 6.61 Å². The van der Waals surface area contributed by atoms with E-state index >= 15 is 0 Å². The van der Waals surface area contributed by atoms with Gasteiger partial charge in [-0.3, -0.25) is 0 Å². The fourth-order valence-electron chi connectivity index (χ4n) is 2.36. The minimum Gasteiger partial charge on any atom is -0.381 e. The molecule has 0 bridgehead atoms. The van der Waals surface area contributed by atoms with Crippen LogP contribution in [0.5, 0.6) is 0 Å². The molecule has 1 aliphatic rings. The van der Waals surface area contributed by atoms with Crippen molar-refractivity contribution < 1.29 is 13.5 Å². The van der Waals surface area contributed by atoms with E-state index in [1.807, 2.05) is 0 Å². The lowest BCUT2D eigenvalue weighted by Crippen LogP contribution is -2.38.